The van der Waals surface area contributed by atoms with Gasteiger partial charge < -0.3 is 24.6 Å². The van der Waals surface area contributed by atoms with Gasteiger partial charge in [-0.15, -0.1) is 0 Å². The standard InChI is InChI=1S/C22H20F3N3O4/c1-11-9-12(29)3-4-14(11)28-10-13(22(31)32)21(30)15-16(23)17(24)20(18(25)19(15)28)27-7-5-26(2)6-8-27/h3-4,9-10,29H,5-8H2,1-2H3,(H,31,32). The fraction of sp³-hybridized carbons (Fsp3) is 0.273. The van der Waals surface area contributed by atoms with E-state index in [-0.39, 0.29) is 24.5 Å². The summed E-state index contributed by atoms with van der Waals surface area (Å²) >= 11 is 0. The molecular formula is C22H20F3N3O4. The molecular weight excluding hydrogens is 427 g/mol. The van der Waals surface area contributed by atoms with E-state index in [4.69, 9.17) is 0 Å². The number of carboxylic acids is 1. The first kappa shape index (κ1) is 21.7. The van der Waals surface area contributed by atoms with Crippen LogP contribution in [-0.4, -0.2) is 58.9 Å². The predicted molar refractivity (Wildman–Crippen MR) is 112 cm³/mol. The molecule has 32 heavy (non-hydrogen) atoms. The largest absolute Gasteiger partial charge is 0.508 e. The van der Waals surface area contributed by atoms with Crippen LogP contribution in [0.3, 0.4) is 0 Å². The van der Waals surface area contributed by atoms with E-state index in [9.17, 15) is 19.8 Å². The highest BCUT2D eigenvalue weighted by molar-refractivity contribution is 5.95. The third kappa shape index (κ3) is 3.36. The van der Waals surface area contributed by atoms with E-state index >= 15 is 13.2 Å². The molecule has 1 aliphatic heterocycles. The van der Waals surface area contributed by atoms with Crippen molar-refractivity contribution in [3.8, 4) is 11.4 Å². The van der Waals surface area contributed by atoms with Gasteiger partial charge in [0.2, 0.25) is 5.43 Å². The molecule has 1 aromatic heterocycles. The molecule has 1 aliphatic rings. The van der Waals surface area contributed by atoms with Crippen molar-refractivity contribution in [2.75, 3.05) is 38.1 Å². The Morgan fingerprint density at radius 3 is 2.28 bits per heavy atom. The van der Waals surface area contributed by atoms with Crippen molar-refractivity contribution in [3.63, 3.8) is 0 Å². The number of phenols is 1. The first-order valence-corrected chi connectivity index (χ1v) is 9.84. The molecule has 168 valence electrons. The van der Waals surface area contributed by atoms with Crippen molar-refractivity contribution in [2.24, 2.45) is 0 Å². The van der Waals surface area contributed by atoms with Gasteiger partial charge in [0.15, 0.2) is 17.5 Å². The van der Waals surface area contributed by atoms with E-state index < -0.39 is 51.0 Å². The zero-order valence-electron chi connectivity index (χ0n) is 17.3. The fourth-order valence-corrected chi connectivity index (χ4v) is 4.02. The number of carbonyl (C=O) groups is 1. The SMILES string of the molecule is Cc1cc(O)ccc1-n1cc(C(=O)O)c(=O)c2c(F)c(F)c(N3CCN(C)CC3)c(F)c21. The van der Waals surface area contributed by atoms with Gasteiger partial charge in [-0.3, -0.25) is 4.79 Å². The maximum atomic E-state index is 15.8. The molecule has 0 atom stereocenters. The summed E-state index contributed by atoms with van der Waals surface area (Å²) < 4.78 is 47.1. The predicted octanol–water partition coefficient (Wildman–Crippen LogP) is 2.87. The smallest absolute Gasteiger partial charge is 0.341 e. The van der Waals surface area contributed by atoms with Crippen LogP contribution in [-0.2, 0) is 0 Å². The van der Waals surface area contributed by atoms with Gasteiger partial charge in [-0.1, -0.05) is 0 Å². The zero-order valence-corrected chi connectivity index (χ0v) is 17.3. The van der Waals surface area contributed by atoms with Crippen LogP contribution in [0.5, 0.6) is 5.75 Å². The number of carboxylic acid groups (broad SMARTS) is 1. The molecule has 4 rings (SSSR count). The Balaban J connectivity index is 2.13. The third-order valence-electron chi connectivity index (χ3n) is 5.73. The summed E-state index contributed by atoms with van der Waals surface area (Å²) in [5.41, 5.74) is -2.73. The Bertz CT molecular complexity index is 1310. The second-order valence-electron chi connectivity index (χ2n) is 7.82. The lowest BCUT2D eigenvalue weighted by molar-refractivity contribution is 0.0695. The summed E-state index contributed by atoms with van der Waals surface area (Å²) in [6.07, 6.45) is 0.889. The number of aromatic hydroxyl groups is 1. The number of rotatable bonds is 3. The summed E-state index contributed by atoms with van der Waals surface area (Å²) in [5, 5.41) is 18.2. The minimum Gasteiger partial charge on any atom is -0.508 e. The van der Waals surface area contributed by atoms with Crippen molar-refractivity contribution in [1.82, 2.24) is 9.47 Å². The summed E-state index contributed by atoms with van der Waals surface area (Å²) in [6.45, 7) is 3.05. The van der Waals surface area contributed by atoms with Gasteiger partial charge in [0.05, 0.1) is 10.9 Å². The maximum absolute atomic E-state index is 15.8. The van der Waals surface area contributed by atoms with Crippen LogP contribution in [0.25, 0.3) is 16.6 Å². The molecule has 10 heteroatoms. The molecule has 0 bridgehead atoms. The summed E-state index contributed by atoms with van der Waals surface area (Å²) in [5.74, 6) is -6.05. The van der Waals surface area contributed by atoms with Crippen LogP contribution in [0.1, 0.15) is 15.9 Å². The molecule has 0 unspecified atom stereocenters. The number of aromatic carboxylic acids is 1. The number of likely N-dealkylation sites (N-methyl/N-ethyl adjacent to an activating group) is 1. The average molecular weight is 447 g/mol. The van der Waals surface area contributed by atoms with Gasteiger partial charge in [0.1, 0.15) is 17.0 Å². The number of benzene rings is 2. The average Bonchev–Trinajstić information content (AvgIpc) is 2.73. The molecule has 0 radical (unpaired) electrons. The Hall–Kier alpha value is -3.53. The Morgan fingerprint density at radius 2 is 1.69 bits per heavy atom. The van der Waals surface area contributed by atoms with E-state index in [1.54, 1.807) is 6.92 Å². The molecule has 0 amide bonds. The van der Waals surface area contributed by atoms with Gasteiger partial charge >= 0.3 is 5.97 Å². The minimum absolute atomic E-state index is 0.0918. The second-order valence-corrected chi connectivity index (χ2v) is 7.82. The highest BCUT2D eigenvalue weighted by Crippen LogP contribution is 2.35. The van der Waals surface area contributed by atoms with Crippen LogP contribution in [0.4, 0.5) is 18.9 Å². The number of pyridine rings is 1. The molecule has 1 fully saturated rings. The van der Waals surface area contributed by atoms with Crippen molar-refractivity contribution < 1.29 is 28.2 Å². The lowest BCUT2D eigenvalue weighted by Gasteiger charge is -2.34. The Morgan fingerprint density at radius 1 is 1.03 bits per heavy atom. The van der Waals surface area contributed by atoms with E-state index in [0.29, 0.717) is 18.7 Å². The number of anilines is 1. The quantitative estimate of drug-likeness (QED) is 0.601. The van der Waals surface area contributed by atoms with Crippen LogP contribution < -0.4 is 10.3 Å². The number of nitrogens with zero attached hydrogens (tertiary/aromatic N) is 3. The van der Waals surface area contributed by atoms with Crippen LogP contribution >= 0.6 is 0 Å². The molecule has 7 nitrogen and oxygen atoms in total. The highest BCUT2D eigenvalue weighted by atomic mass is 19.2. The minimum atomic E-state index is -1.66. The Labute approximate surface area is 180 Å². The number of fused-ring (bicyclic) bond motifs is 1. The number of halogens is 3. The zero-order chi connectivity index (χ0) is 23.3. The lowest BCUT2D eigenvalue weighted by atomic mass is 10.1. The fourth-order valence-electron chi connectivity index (χ4n) is 4.02. The number of aryl methyl sites for hydroxylation is 1. The topological polar surface area (TPSA) is 86.0 Å². The molecule has 2 aromatic carbocycles. The van der Waals surface area contributed by atoms with Crippen LogP contribution in [0.15, 0.2) is 29.2 Å². The van der Waals surface area contributed by atoms with Crippen molar-refractivity contribution in [3.05, 3.63) is 63.2 Å². The molecule has 3 aromatic rings. The molecule has 2 heterocycles. The van der Waals surface area contributed by atoms with E-state index in [1.165, 1.54) is 23.1 Å². The van der Waals surface area contributed by atoms with Crippen LogP contribution in [0, 0.1) is 24.4 Å². The molecule has 1 saturated heterocycles. The number of hydrogen-bond donors (Lipinski definition) is 2. The van der Waals surface area contributed by atoms with E-state index in [0.717, 1.165) is 10.8 Å². The maximum Gasteiger partial charge on any atom is 0.341 e. The van der Waals surface area contributed by atoms with E-state index in [2.05, 4.69) is 0 Å². The third-order valence-corrected chi connectivity index (χ3v) is 5.73. The first-order valence-electron chi connectivity index (χ1n) is 9.84. The van der Waals surface area contributed by atoms with Gasteiger partial charge in [0, 0.05) is 38.1 Å². The van der Waals surface area contributed by atoms with Gasteiger partial charge in [-0.05, 0) is 37.7 Å². The summed E-state index contributed by atoms with van der Waals surface area (Å²) in [7, 11) is 1.85. The van der Waals surface area contributed by atoms with Gasteiger partial charge in [-0.2, -0.15) is 0 Å². The van der Waals surface area contributed by atoms with Crippen LogP contribution in [0.2, 0.25) is 0 Å². The number of hydrogen-bond acceptors (Lipinski definition) is 5. The van der Waals surface area contributed by atoms with Gasteiger partial charge in [0.25, 0.3) is 0 Å². The van der Waals surface area contributed by atoms with Crippen molar-refractivity contribution in [1.29, 1.82) is 0 Å². The number of aromatic nitrogens is 1. The monoisotopic (exact) mass is 447 g/mol. The molecule has 0 spiro atoms. The summed E-state index contributed by atoms with van der Waals surface area (Å²) in [4.78, 5) is 27.7. The second kappa shape index (κ2) is 7.86. The highest BCUT2D eigenvalue weighted by Gasteiger charge is 2.31. The molecule has 0 aliphatic carbocycles. The van der Waals surface area contributed by atoms with Gasteiger partial charge in [-0.25, -0.2) is 18.0 Å². The molecule has 0 saturated carbocycles. The van der Waals surface area contributed by atoms with Crippen molar-refractivity contribution in [2.45, 2.75) is 6.92 Å². The Kier molecular flexibility index (Phi) is 5.33. The number of phenolic OH excluding ortho intramolecular Hbond substituents is 1. The van der Waals surface area contributed by atoms with E-state index in [1.807, 2.05) is 11.9 Å². The summed E-state index contributed by atoms with van der Waals surface area (Å²) in [6, 6.07) is 4.00. The van der Waals surface area contributed by atoms with Crippen molar-refractivity contribution >= 4 is 22.6 Å². The lowest BCUT2D eigenvalue weighted by Crippen LogP contribution is -2.45. The number of piperazine rings is 1. The normalized spacial score (nSPS) is 14.8. The molecule has 2 N–H and O–H groups in total. The first-order chi connectivity index (χ1) is 15.1.